The maximum atomic E-state index is 12.2. The lowest BCUT2D eigenvalue weighted by atomic mass is 9.95. The van der Waals surface area contributed by atoms with Crippen molar-refractivity contribution in [1.29, 1.82) is 0 Å². The van der Waals surface area contributed by atoms with Crippen molar-refractivity contribution in [2.24, 2.45) is 5.73 Å². The Morgan fingerprint density at radius 2 is 2.08 bits per heavy atom. The van der Waals surface area contributed by atoms with Gasteiger partial charge in [0.25, 0.3) is 0 Å². The predicted octanol–water partition coefficient (Wildman–Crippen LogP) is 3.75. The molecule has 2 aromatic rings. The standard InChI is InChI=1S/C18H20F3N3O/c1-24-10-12-9-23-7-5-15(12)16-3-2-14(8-17(16)24)25-11-13(22)4-6-18(19,20)21/h2-3,5,7-9,13H,4,6,10-11,22H2,1H3. The molecule has 1 aromatic heterocycles. The summed E-state index contributed by atoms with van der Waals surface area (Å²) in [5.74, 6) is 0.602. The van der Waals surface area contributed by atoms with Gasteiger partial charge in [0.05, 0.1) is 0 Å². The van der Waals surface area contributed by atoms with Gasteiger partial charge in [-0.1, -0.05) is 0 Å². The van der Waals surface area contributed by atoms with Crippen molar-refractivity contribution in [3.8, 4) is 16.9 Å². The van der Waals surface area contributed by atoms with Gasteiger partial charge in [-0.25, -0.2) is 0 Å². The molecule has 25 heavy (non-hydrogen) atoms. The van der Waals surface area contributed by atoms with Crippen molar-refractivity contribution >= 4 is 5.69 Å². The Kier molecular flexibility index (Phi) is 4.85. The van der Waals surface area contributed by atoms with Crippen LogP contribution in [0.4, 0.5) is 18.9 Å². The minimum atomic E-state index is -4.19. The number of hydrogen-bond acceptors (Lipinski definition) is 4. The van der Waals surface area contributed by atoms with Crippen molar-refractivity contribution in [1.82, 2.24) is 4.98 Å². The van der Waals surface area contributed by atoms with Crippen LogP contribution in [0.2, 0.25) is 0 Å². The third kappa shape index (κ3) is 4.22. The first kappa shape index (κ1) is 17.5. The SMILES string of the molecule is CN1Cc2cnccc2-c2ccc(OCC(N)CCC(F)(F)F)cc21. The Labute approximate surface area is 144 Å². The highest BCUT2D eigenvalue weighted by molar-refractivity contribution is 5.84. The van der Waals surface area contributed by atoms with E-state index in [0.29, 0.717) is 5.75 Å². The molecule has 0 saturated heterocycles. The first-order chi connectivity index (χ1) is 11.8. The zero-order chi connectivity index (χ0) is 18.0. The lowest BCUT2D eigenvalue weighted by molar-refractivity contribution is -0.136. The first-order valence-corrected chi connectivity index (χ1v) is 8.07. The molecule has 1 aliphatic heterocycles. The van der Waals surface area contributed by atoms with E-state index < -0.39 is 18.6 Å². The molecule has 2 N–H and O–H groups in total. The van der Waals surface area contributed by atoms with Crippen LogP contribution in [-0.2, 0) is 6.54 Å². The molecule has 0 spiro atoms. The summed E-state index contributed by atoms with van der Waals surface area (Å²) in [6.45, 7) is 0.795. The molecule has 1 atom stereocenters. The van der Waals surface area contributed by atoms with E-state index in [2.05, 4.69) is 9.88 Å². The van der Waals surface area contributed by atoms with E-state index in [4.69, 9.17) is 10.5 Å². The monoisotopic (exact) mass is 351 g/mol. The highest BCUT2D eigenvalue weighted by Gasteiger charge is 2.27. The zero-order valence-electron chi connectivity index (χ0n) is 13.9. The molecule has 1 unspecified atom stereocenters. The smallest absolute Gasteiger partial charge is 0.389 e. The molecule has 3 rings (SSSR count). The molecular formula is C18H20F3N3O. The summed E-state index contributed by atoms with van der Waals surface area (Å²) < 4.78 is 42.3. The van der Waals surface area contributed by atoms with E-state index in [-0.39, 0.29) is 13.0 Å². The van der Waals surface area contributed by atoms with Gasteiger partial charge in [0.1, 0.15) is 12.4 Å². The number of nitrogens with two attached hydrogens (primary N) is 1. The number of alkyl halides is 3. The molecule has 0 radical (unpaired) electrons. The molecule has 0 aliphatic carbocycles. The molecule has 2 heterocycles. The Balaban J connectivity index is 1.69. The van der Waals surface area contributed by atoms with Gasteiger partial charge in [-0.05, 0) is 35.7 Å². The lowest BCUT2D eigenvalue weighted by Gasteiger charge is -2.29. The van der Waals surface area contributed by atoms with E-state index >= 15 is 0 Å². The van der Waals surface area contributed by atoms with Crippen molar-refractivity contribution in [3.63, 3.8) is 0 Å². The third-order valence-corrected chi connectivity index (χ3v) is 4.24. The third-order valence-electron chi connectivity index (χ3n) is 4.24. The number of fused-ring (bicyclic) bond motifs is 3. The fraction of sp³-hybridized carbons (Fsp3) is 0.389. The number of benzene rings is 1. The van der Waals surface area contributed by atoms with Gasteiger partial charge in [0.15, 0.2) is 0 Å². The van der Waals surface area contributed by atoms with Crippen LogP contribution < -0.4 is 15.4 Å². The van der Waals surface area contributed by atoms with Crippen molar-refractivity contribution in [2.75, 3.05) is 18.6 Å². The second-order valence-corrected chi connectivity index (χ2v) is 6.29. The number of rotatable bonds is 5. The van der Waals surface area contributed by atoms with Crippen LogP contribution in [0.5, 0.6) is 5.75 Å². The fourth-order valence-corrected chi connectivity index (χ4v) is 2.94. The average molecular weight is 351 g/mol. The summed E-state index contributed by atoms with van der Waals surface area (Å²) >= 11 is 0. The zero-order valence-corrected chi connectivity index (χ0v) is 13.9. The number of aromatic nitrogens is 1. The Bertz CT molecular complexity index is 749. The highest BCUT2D eigenvalue weighted by Crippen LogP contribution is 2.39. The van der Waals surface area contributed by atoms with Crippen molar-refractivity contribution < 1.29 is 17.9 Å². The quantitative estimate of drug-likeness (QED) is 0.891. The summed E-state index contributed by atoms with van der Waals surface area (Å²) in [7, 11) is 1.98. The van der Waals surface area contributed by atoms with E-state index in [1.54, 1.807) is 6.20 Å². The number of ether oxygens (including phenoxy) is 1. The van der Waals surface area contributed by atoms with Gasteiger partial charge in [0, 0.05) is 55.8 Å². The van der Waals surface area contributed by atoms with E-state index in [0.717, 1.165) is 28.9 Å². The van der Waals surface area contributed by atoms with Crippen LogP contribution in [0.15, 0.2) is 36.7 Å². The summed E-state index contributed by atoms with van der Waals surface area (Å²) in [5.41, 5.74) is 10.1. The largest absolute Gasteiger partial charge is 0.492 e. The molecule has 4 nitrogen and oxygen atoms in total. The maximum Gasteiger partial charge on any atom is 0.389 e. The average Bonchev–Trinajstić information content (AvgIpc) is 2.57. The number of hydrogen-bond donors (Lipinski definition) is 1. The number of nitrogens with zero attached hydrogens (tertiary/aromatic N) is 2. The second kappa shape index (κ2) is 6.92. The fourth-order valence-electron chi connectivity index (χ4n) is 2.94. The van der Waals surface area contributed by atoms with Crippen LogP contribution in [0.25, 0.3) is 11.1 Å². The Morgan fingerprint density at radius 3 is 2.84 bits per heavy atom. The van der Waals surface area contributed by atoms with Crippen LogP contribution in [0, 0.1) is 0 Å². The molecule has 0 fully saturated rings. The first-order valence-electron chi connectivity index (χ1n) is 8.07. The molecule has 1 aliphatic rings. The van der Waals surface area contributed by atoms with Crippen LogP contribution in [0.3, 0.4) is 0 Å². The van der Waals surface area contributed by atoms with Gasteiger partial charge in [-0.15, -0.1) is 0 Å². The second-order valence-electron chi connectivity index (χ2n) is 6.29. The summed E-state index contributed by atoms with van der Waals surface area (Å²) in [4.78, 5) is 6.25. The van der Waals surface area contributed by atoms with Crippen LogP contribution in [-0.4, -0.2) is 30.9 Å². The topological polar surface area (TPSA) is 51.4 Å². The van der Waals surface area contributed by atoms with Gasteiger partial charge < -0.3 is 15.4 Å². The Hall–Kier alpha value is -2.28. The van der Waals surface area contributed by atoms with Gasteiger partial charge in [0.2, 0.25) is 0 Å². The molecule has 1 aromatic carbocycles. The number of halogens is 3. The summed E-state index contributed by atoms with van der Waals surface area (Å²) in [6.07, 6.45) is -1.60. The van der Waals surface area contributed by atoms with Gasteiger partial charge in [-0.2, -0.15) is 13.2 Å². The van der Waals surface area contributed by atoms with Gasteiger partial charge in [-0.3, -0.25) is 4.98 Å². The van der Waals surface area contributed by atoms with E-state index in [9.17, 15) is 13.2 Å². The van der Waals surface area contributed by atoms with Crippen LogP contribution in [0.1, 0.15) is 18.4 Å². The molecule has 134 valence electrons. The van der Waals surface area contributed by atoms with Gasteiger partial charge >= 0.3 is 6.18 Å². The lowest BCUT2D eigenvalue weighted by Crippen LogP contribution is -2.29. The number of anilines is 1. The maximum absolute atomic E-state index is 12.2. The van der Waals surface area contributed by atoms with Crippen molar-refractivity contribution in [3.05, 3.63) is 42.2 Å². The normalized spacial score (nSPS) is 14.7. The molecule has 7 heteroatoms. The number of pyridine rings is 1. The molecule has 0 bridgehead atoms. The summed E-state index contributed by atoms with van der Waals surface area (Å²) in [5, 5.41) is 0. The van der Waals surface area contributed by atoms with Crippen LogP contribution >= 0.6 is 0 Å². The minimum absolute atomic E-state index is 0.0547. The predicted molar refractivity (Wildman–Crippen MR) is 90.5 cm³/mol. The van der Waals surface area contributed by atoms with E-state index in [1.165, 1.54) is 0 Å². The van der Waals surface area contributed by atoms with Crippen molar-refractivity contribution in [2.45, 2.75) is 31.6 Å². The molecule has 0 amide bonds. The molecular weight excluding hydrogens is 331 g/mol. The highest BCUT2D eigenvalue weighted by atomic mass is 19.4. The Morgan fingerprint density at radius 1 is 1.28 bits per heavy atom. The van der Waals surface area contributed by atoms with E-state index in [1.807, 2.05) is 37.5 Å². The summed E-state index contributed by atoms with van der Waals surface area (Å²) in [6, 6.07) is 7.01. The molecule has 0 saturated carbocycles. The minimum Gasteiger partial charge on any atom is -0.492 e.